The van der Waals surface area contributed by atoms with Crippen molar-refractivity contribution in [3.05, 3.63) is 11.6 Å². The van der Waals surface area contributed by atoms with Crippen LogP contribution in [0.3, 0.4) is 0 Å². The molecule has 0 heterocycles. The van der Waals surface area contributed by atoms with Crippen LogP contribution in [0.5, 0.6) is 0 Å². The lowest BCUT2D eigenvalue weighted by Gasteiger charge is -2.43. The van der Waals surface area contributed by atoms with E-state index in [9.17, 15) is 40.9 Å². The molecule has 0 aliphatic heterocycles. The van der Waals surface area contributed by atoms with E-state index in [0.29, 0.717) is 0 Å². The van der Waals surface area contributed by atoms with E-state index < -0.39 is 61.2 Å². The standard InChI is InChI=1S/C14H25NO8/c16-3-5-1-7(11(20)13(22)9(5)18)15-8-2-6(4-17)10(19)14(23)12(8)21/h1,6-23H,2-4H2/t6-,7?,8+,9-,10-,11+,12+,13+,14+/m1/s1. The Bertz CT molecular complexity index is 431. The third kappa shape index (κ3) is 3.58. The maximum Gasteiger partial charge on any atom is 0.111 e. The zero-order chi connectivity index (χ0) is 17.3. The molecule has 0 saturated heterocycles. The quantitative estimate of drug-likeness (QED) is 0.229. The molecule has 0 bridgehead atoms. The number of hydrogen-bond donors (Lipinski definition) is 9. The van der Waals surface area contributed by atoms with Gasteiger partial charge in [-0.05, 0) is 12.0 Å². The SMILES string of the molecule is OCC1=CC(N[C@H]2C[C@H](CO)[C@@H](O)[C@H](O)[C@H]2O)[C@H](O)[C@@H](O)[C@@H]1O. The number of nitrogens with one attached hydrogen (secondary N) is 1. The molecule has 9 atom stereocenters. The molecule has 0 aromatic carbocycles. The summed E-state index contributed by atoms with van der Waals surface area (Å²) in [6.07, 6.45) is -6.85. The number of rotatable bonds is 4. The monoisotopic (exact) mass is 335 g/mol. The van der Waals surface area contributed by atoms with Crippen molar-refractivity contribution in [1.82, 2.24) is 5.32 Å². The predicted octanol–water partition coefficient (Wildman–Crippen LogP) is -4.58. The Morgan fingerprint density at radius 2 is 1.52 bits per heavy atom. The first-order chi connectivity index (χ1) is 10.8. The highest BCUT2D eigenvalue weighted by atomic mass is 16.4. The first kappa shape index (κ1) is 18.7. The minimum absolute atomic E-state index is 0.130. The lowest BCUT2D eigenvalue weighted by Crippen LogP contribution is -2.63. The third-order valence-electron chi connectivity index (χ3n) is 4.79. The fourth-order valence-corrected chi connectivity index (χ4v) is 3.26. The van der Waals surface area contributed by atoms with Gasteiger partial charge in [0.25, 0.3) is 0 Å². The number of hydrogen-bond acceptors (Lipinski definition) is 9. The average Bonchev–Trinajstić information content (AvgIpc) is 2.55. The average molecular weight is 335 g/mol. The van der Waals surface area contributed by atoms with Crippen LogP contribution in [0.15, 0.2) is 11.6 Å². The minimum atomic E-state index is -1.51. The van der Waals surface area contributed by atoms with E-state index in [4.69, 9.17) is 0 Å². The largest absolute Gasteiger partial charge is 0.396 e. The van der Waals surface area contributed by atoms with Crippen molar-refractivity contribution in [2.24, 2.45) is 5.92 Å². The summed E-state index contributed by atoms with van der Waals surface area (Å²) in [5.74, 6) is -0.650. The zero-order valence-electron chi connectivity index (χ0n) is 12.5. The molecule has 23 heavy (non-hydrogen) atoms. The van der Waals surface area contributed by atoms with Gasteiger partial charge in [0.05, 0.1) is 24.9 Å². The maximum absolute atomic E-state index is 10.1. The van der Waals surface area contributed by atoms with Crippen LogP contribution in [0.4, 0.5) is 0 Å². The smallest absolute Gasteiger partial charge is 0.111 e. The van der Waals surface area contributed by atoms with Crippen molar-refractivity contribution in [3.63, 3.8) is 0 Å². The first-order valence-electron chi connectivity index (χ1n) is 7.58. The highest BCUT2D eigenvalue weighted by Crippen LogP contribution is 2.28. The van der Waals surface area contributed by atoms with Crippen LogP contribution in [0.25, 0.3) is 0 Å². The summed E-state index contributed by atoms with van der Waals surface area (Å²) in [5.41, 5.74) is 0.130. The fourth-order valence-electron chi connectivity index (χ4n) is 3.26. The Morgan fingerprint density at radius 3 is 2.09 bits per heavy atom. The van der Waals surface area contributed by atoms with Crippen molar-refractivity contribution in [2.75, 3.05) is 13.2 Å². The molecule has 0 spiro atoms. The van der Waals surface area contributed by atoms with Gasteiger partial charge < -0.3 is 46.2 Å². The zero-order valence-corrected chi connectivity index (χ0v) is 12.5. The van der Waals surface area contributed by atoms with Gasteiger partial charge in [-0.3, -0.25) is 0 Å². The molecular formula is C14H25NO8. The summed E-state index contributed by atoms with van der Waals surface area (Å²) in [7, 11) is 0. The summed E-state index contributed by atoms with van der Waals surface area (Å²) in [6, 6.07) is -1.64. The van der Waals surface area contributed by atoms with Crippen LogP contribution in [0.1, 0.15) is 6.42 Å². The molecule has 1 saturated carbocycles. The molecular weight excluding hydrogens is 310 g/mol. The Hall–Kier alpha value is -0.620. The Kier molecular flexibility index (Phi) is 6.11. The second kappa shape index (κ2) is 7.51. The van der Waals surface area contributed by atoms with Crippen LogP contribution >= 0.6 is 0 Å². The van der Waals surface area contributed by atoms with E-state index in [1.807, 2.05) is 0 Å². The molecule has 9 heteroatoms. The van der Waals surface area contributed by atoms with Crippen molar-refractivity contribution < 1.29 is 40.9 Å². The molecule has 9 nitrogen and oxygen atoms in total. The second-order valence-corrected chi connectivity index (χ2v) is 6.27. The van der Waals surface area contributed by atoms with E-state index in [1.54, 1.807) is 0 Å². The topological polar surface area (TPSA) is 174 Å². The van der Waals surface area contributed by atoms with Gasteiger partial charge in [0.1, 0.15) is 24.4 Å². The summed E-state index contributed by atoms with van der Waals surface area (Å²) in [4.78, 5) is 0. The highest BCUT2D eigenvalue weighted by Gasteiger charge is 2.45. The predicted molar refractivity (Wildman–Crippen MR) is 77.1 cm³/mol. The van der Waals surface area contributed by atoms with Gasteiger partial charge in [-0.2, -0.15) is 0 Å². The van der Waals surface area contributed by atoms with Crippen LogP contribution in [0.2, 0.25) is 0 Å². The molecule has 134 valence electrons. The molecule has 2 rings (SSSR count). The normalized spacial score (nSPS) is 48.2. The van der Waals surface area contributed by atoms with Gasteiger partial charge in [-0.15, -0.1) is 0 Å². The first-order valence-corrected chi connectivity index (χ1v) is 7.58. The summed E-state index contributed by atoms with van der Waals surface area (Å²) < 4.78 is 0. The van der Waals surface area contributed by atoms with Gasteiger partial charge in [-0.25, -0.2) is 0 Å². The number of aliphatic hydroxyl groups excluding tert-OH is 8. The van der Waals surface area contributed by atoms with Gasteiger partial charge in [0.15, 0.2) is 0 Å². The summed E-state index contributed by atoms with van der Waals surface area (Å²) in [6.45, 7) is -0.883. The van der Waals surface area contributed by atoms with E-state index >= 15 is 0 Å². The Labute approximate surface area is 133 Å². The van der Waals surface area contributed by atoms with E-state index in [0.717, 1.165) is 0 Å². The third-order valence-corrected chi connectivity index (χ3v) is 4.79. The molecule has 2 aliphatic carbocycles. The molecule has 0 aromatic heterocycles. The van der Waals surface area contributed by atoms with Crippen molar-refractivity contribution >= 4 is 0 Å². The van der Waals surface area contributed by atoms with Crippen LogP contribution < -0.4 is 5.32 Å². The lowest BCUT2D eigenvalue weighted by molar-refractivity contribution is -0.135. The molecule has 0 radical (unpaired) electrons. The van der Waals surface area contributed by atoms with E-state index in [-0.39, 0.29) is 18.6 Å². The van der Waals surface area contributed by atoms with Gasteiger partial charge in [-0.1, -0.05) is 6.08 Å². The molecule has 9 N–H and O–H groups in total. The van der Waals surface area contributed by atoms with Crippen LogP contribution in [-0.2, 0) is 0 Å². The van der Waals surface area contributed by atoms with Crippen LogP contribution in [0, 0.1) is 5.92 Å². The summed E-state index contributed by atoms with van der Waals surface area (Å²) >= 11 is 0. The molecule has 1 fully saturated rings. The van der Waals surface area contributed by atoms with Crippen molar-refractivity contribution in [2.45, 2.75) is 55.1 Å². The van der Waals surface area contributed by atoms with Gasteiger partial charge in [0.2, 0.25) is 0 Å². The highest BCUT2D eigenvalue weighted by molar-refractivity contribution is 5.22. The van der Waals surface area contributed by atoms with E-state index in [2.05, 4.69) is 5.32 Å². The van der Waals surface area contributed by atoms with E-state index in [1.165, 1.54) is 6.08 Å². The number of aliphatic hydroxyl groups is 8. The maximum atomic E-state index is 10.1. The Balaban J connectivity index is 2.15. The Morgan fingerprint density at radius 1 is 0.870 bits per heavy atom. The molecule has 1 unspecified atom stereocenters. The minimum Gasteiger partial charge on any atom is -0.396 e. The molecule has 0 aromatic rings. The van der Waals surface area contributed by atoms with Crippen molar-refractivity contribution in [1.29, 1.82) is 0 Å². The fraction of sp³-hybridized carbons (Fsp3) is 0.857. The molecule has 0 amide bonds. The van der Waals surface area contributed by atoms with Gasteiger partial charge in [0, 0.05) is 18.6 Å². The molecule has 2 aliphatic rings. The second-order valence-electron chi connectivity index (χ2n) is 6.27. The van der Waals surface area contributed by atoms with Gasteiger partial charge >= 0.3 is 0 Å². The van der Waals surface area contributed by atoms with Crippen LogP contribution in [-0.4, -0.2) is 103 Å². The summed E-state index contributed by atoms with van der Waals surface area (Å²) in [5, 5.41) is 80.6. The van der Waals surface area contributed by atoms with Crippen molar-refractivity contribution in [3.8, 4) is 0 Å². The lowest BCUT2D eigenvalue weighted by atomic mass is 9.78.